The lowest BCUT2D eigenvalue weighted by Crippen LogP contribution is -2.39. The third-order valence-corrected chi connectivity index (χ3v) is 4.81. The molecule has 3 nitrogen and oxygen atoms in total. The van der Waals surface area contributed by atoms with Gasteiger partial charge in [-0.15, -0.1) is 12.4 Å². The highest BCUT2D eigenvalue weighted by Gasteiger charge is 2.38. The molecule has 2 aliphatic rings. The Morgan fingerprint density at radius 1 is 1.24 bits per heavy atom. The Balaban J connectivity index is 0.00000161. The highest BCUT2D eigenvalue weighted by Crippen LogP contribution is 2.33. The van der Waals surface area contributed by atoms with Gasteiger partial charge >= 0.3 is 0 Å². The molecule has 1 amide bonds. The van der Waals surface area contributed by atoms with Crippen LogP contribution in [0.3, 0.4) is 0 Å². The first-order valence-corrected chi connectivity index (χ1v) is 7.92. The number of rotatable bonds is 3. The van der Waals surface area contributed by atoms with Crippen molar-refractivity contribution >= 4 is 24.0 Å². The number of halogens is 1. The van der Waals surface area contributed by atoms with Crippen molar-refractivity contribution in [1.29, 1.82) is 0 Å². The number of fused-ring (bicyclic) bond motifs is 1. The molecule has 1 saturated carbocycles. The summed E-state index contributed by atoms with van der Waals surface area (Å²) in [7, 11) is 0. The molecule has 1 aliphatic heterocycles. The third-order valence-electron chi connectivity index (χ3n) is 4.81. The molecule has 0 radical (unpaired) electrons. The Morgan fingerprint density at radius 3 is 2.62 bits per heavy atom. The summed E-state index contributed by atoms with van der Waals surface area (Å²) >= 11 is 0. The third kappa shape index (κ3) is 3.78. The van der Waals surface area contributed by atoms with Gasteiger partial charge in [-0.2, -0.15) is 0 Å². The molecule has 116 valence electrons. The van der Waals surface area contributed by atoms with E-state index in [1.54, 1.807) is 0 Å². The van der Waals surface area contributed by atoms with E-state index in [1.165, 1.54) is 31.2 Å². The SMILES string of the molecule is CCc1ccc(NC(=O)C2CC3CCCCC3N2)cc1.Cl. The molecule has 1 heterocycles. The van der Waals surface area contributed by atoms with Crippen LogP contribution < -0.4 is 10.6 Å². The molecular formula is C17H25ClN2O. The minimum atomic E-state index is -0.00560. The summed E-state index contributed by atoms with van der Waals surface area (Å²) in [5, 5.41) is 6.57. The second kappa shape index (κ2) is 7.28. The molecule has 21 heavy (non-hydrogen) atoms. The first-order valence-electron chi connectivity index (χ1n) is 7.92. The van der Waals surface area contributed by atoms with Crippen LogP contribution in [-0.4, -0.2) is 18.0 Å². The van der Waals surface area contributed by atoms with Gasteiger partial charge in [-0.25, -0.2) is 0 Å². The zero-order valence-corrected chi connectivity index (χ0v) is 13.4. The maximum absolute atomic E-state index is 12.3. The van der Waals surface area contributed by atoms with Crippen molar-refractivity contribution in [1.82, 2.24) is 5.32 Å². The lowest BCUT2D eigenvalue weighted by Gasteiger charge is -2.24. The second-order valence-corrected chi connectivity index (χ2v) is 6.15. The van der Waals surface area contributed by atoms with Gasteiger partial charge in [-0.1, -0.05) is 31.9 Å². The summed E-state index contributed by atoms with van der Waals surface area (Å²) < 4.78 is 0. The maximum atomic E-state index is 12.3. The van der Waals surface area contributed by atoms with Gasteiger partial charge in [-0.3, -0.25) is 4.79 Å². The van der Waals surface area contributed by atoms with Crippen molar-refractivity contribution in [3.05, 3.63) is 29.8 Å². The van der Waals surface area contributed by atoms with Crippen molar-refractivity contribution in [2.24, 2.45) is 5.92 Å². The van der Waals surface area contributed by atoms with Crippen molar-refractivity contribution in [2.75, 3.05) is 5.32 Å². The van der Waals surface area contributed by atoms with Crippen LogP contribution in [0, 0.1) is 5.92 Å². The zero-order chi connectivity index (χ0) is 13.9. The van der Waals surface area contributed by atoms with Gasteiger partial charge < -0.3 is 10.6 Å². The highest BCUT2D eigenvalue weighted by atomic mass is 35.5. The molecule has 3 unspecified atom stereocenters. The Morgan fingerprint density at radius 2 is 1.95 bits per heavy atom. The summed E-state index contributed by atoms with van der Waals surface area (Å²) in [5.41, 5.74) is 2.21. The molecule has 4 heteroatoms. The normalized spacial score (nSPS) is 27.6. The van der Waals surface area contributed by atoms with E-state index in [2.05, 4.69) is 29.7 Å². The predicted molar refractivity (Wildman–Crippen MR) is 89.0 cm³/mol. The number of anilines is 1. The molecule has 1 saturated heterocycles. The number of carbonyl (C=O) groups excluding carboxylic acids is 1. The second-order valence-electron chi connectivity index (χ2n) is 6.15. The van der Waals surface area contributed by atoms with E-state index in [-0.39, 0.29) is 24.4 Å². The summed E-state index contributed by atoms with van der Waals surface area (Å²) in [6, 6.07) is 8.72. The van der Waals surface area contributed by atoms with Crippen LogP contribution >= 0.6 is 12.4 Å². The maximum Gasteiger partial charge on any atom is 0.241 e. The largest absolute Gasteiger partial charge is 0.325 e. The highest BCUT2D eigenvalue weighted by molar-refractivity contribution is 5.95. The number of carbonyl (C=O) groups is 1. The van der Waals surface area contributed by atoms with E-state index < -0.39 is 0 Å². The Labute approximate surface area is 133 Å². The summed E-state index contributed by atoms with van der Waals surface area (Å²) in [5.74, 6) is 0.839. The van der Waals surface area contributed by atoms with E-state index >= 15 is 0 Å². The van der Waals surface area contributed by atoms with E-state index in [1.807, 2.05) is 12.1 Å². The summed E-state index contributed by atoms with van der Waals surface area (Å²) in [4.78, 5) is 12.3. The zero-order valence-electron chi connectivity index (χ0n) is 12.6. The van der Waals surface area contributed by atoms with Crippen molar-refractivity contribution < 1.29 is 4.79 Å². The molecule has 0 bridgehead atoms. The number of hydrogen-bond donors (Lipinski definition) is 2. The van der Waals surface area contributed by atoms with Crippen LogP contribution in [0.1, 0.15) is 44.6 Å². The summed E-state index contributed by atoms with van der Waals surface area (Å²) in [6.45, 7) is 2.14. The van der Waals surface area contributed by atoms with Crippen molar-refractivity contribution in [3.8, 4) is 0 Å². The number of hydrogen-bond acceptors (Lipinski definition) is 2. The van der Waals surface area contributed by atoms with Crippen molar-refractivity contribution in [3.63, 3.8) is 0 Å². The van der Waals surface area contributed by atoms with Crippen LogP contribution in [0.2, 0.25) is 0 Å². The fraction of sp³-hybridized carbons (Fsp3) is 0.588. The molecule has 0 aromatic heterocycles. The smallest absolute Gasteiger partial charge is 0.241 e. The summed E-state index contributed by atoms with van der Waals surface area (Å²) in [6.07, 6.45) is 7.19. The van der Waals surface area contributed by atoms with Gasteiger partial charge in [-0.05, 0) is 49.3 Å². The quantitative estimate of drug-likeness (QED) is 0.897. The van der Waals surface area contributed by atoms with Crippen molar-refractivity contribution in [2.45, 2.75) is 57.5 Å². The van der Waals surface area contributed by atoms with Gasteiger partial charge in [0.1, 0.15) is 0 Å². The van der Waals surface area contributed by atoms with Gasteiger partial charge in [0.15, 0.2) is 0 Å². The molecule has 0 spiro atoms. The first-order chi connectivity index (χ1) is 9.76. The molecule has 1 aromatic rings. The molecular weight excluding hydrogens is 284 g/mol. The topological polar surface area (TPSA) is 41.1 Å². The monoisotopic (exact) mass is 308 g/mol. The van der Waals surface area contributed by atoms with Crippen LogP contribution in [0.15, 0.2) is 24.3 Å². The van der Waals surface area contributed by atoms with E-state index in [9.17, 15) is 4.79 Å². The lowest BCUT2D eigenvalue weighted by atomic mass is 9.85. The van der Waals surface area contributed by atoms with Gasteiger partial charge in [0.05, 0.1) is 6.04 Å². The number of aryl methyl sites for hydroxylation is 1. The van der Waals surface area contributed by atoms with Gasteiger partial charge in [0.25, 0.3) is 0 Å². The van der Waals surface area contributed by atoms with Crippen LogP contribution in [0.4, 0.5) is 5.69 Å². The number of benzene rings is 1. The van der Waals surface area contributed by atoms with E-state index in [0.717, 1.165) is 18.5 Å². The molecule has 1 aromatic carbocycles. The number of amides is 1. The average molecular weight is 309 g/mol. The van der Waals surface area contributed by atoms with Gasteiger partial charge in [0, 0.05) is 11.7 Å². The molecule has 2 N–H and O–H groups in total. The minimum absolute atomic E-state index is 0. The molecule has 3 atom stereocenters. The first kappa shape index (κ1) is 16.3. The van der Waals surface area contributed by atoms with Crippen LogP contribution in [-0.2, 0) is 11.2 Å². The Bertz CT molecular complexity index is 460. The fourth-order valence-electron chi connectivity index (χ4n) is 3.57. The fourth-order valence-corrected chi connectivity index (χ4v) is 3.57. The Kier molecular flexibility index (Phi) is 5.65. The van der Waals surface area contributed by atoms with E-state index in [0.29, 0.717) is 12.0 Å². The Hall–Kier alpha value is -1.06. The molecule has 2 fully saturated rings. The average Bonchev–Trinajstić information content (AvgIpc) is 2.92. The number of nitrogens with one attached hydrogen (secondary N) is 2. The minimum Gasteiger partial charge on any atom is -0.325 e. The standard InChI is InChI=1S/C17H24N2O.ClH/c1-2-12-7-9-14(10-8-12)18-17(20)16-11-13-5-3-4-6-15(13)19-16;/h7-10,13,15-16,19H,2-6,11H2,1H3,(H,18,20);1H. The lowest BCUT2D eigenvalue weighted by molar-refractivity contribution is -0.117. The van der Waals surface area contributed by atoms with Crippen LogP contribution in [0.25, 0.3) is 0 Å². The van der Waals surface area contributed by atoms with E-state index in [4.69, 9.17) is 0 Å². The van der Waals surface area contributed by atoms with Gasteiger partial charge in [0.2, 0.25) is 5.91 Å². The molecule has 1 aliphatic carbocycles. The molecule has 3 rings (SSSR count). The predicted octanol–water partition coefficient (Wildman–Crippen LogP) is 3.53. The van der Waals surface area contributed by atoms with Crippen LogP contribution in [0.5, 0.6) is 0 Å².